The molecule has 1 amide bonds. The Morgan fingerprint density at radius 3 is 2.80 bits per heavy atom. The van der Waals surface area contributed by atoms with Gasteiger partial charge in [-0.25, -0.2) is 9.97 Å². The van der Waals surface area contributed by atoms with Crippen LogP contribution >= 0.6 is 11.8 Å². The maximum Gasteiger partial charge on any atom is 0.240 e. The number of carbonyl (C=O) groups is 1. The zero-order valence-electron chi connectivity index (χ0n) is 14.2. The molecule has 2 aromatic carbocycles. The minimum atomic E-state index is -0.216. The van der Waals surface area contributed by atoms with E-state index < -0.39 is 0 Å². The molecule has 0 unspecified atom stereocenters. The number of fused-ring (bicyclic) bond motifs is 2. The van der Waals surface area contributed by atoms with Crippen LogP contribution in [0, 0.1) is 0 Å². The number of hydrogen-bond acceptors (Lipinski definition) is 4. The van der Waals surface area contributed by atoms with Gasteiger partial charge in [-0.15, -0.1) is 0 Å². The number of rotatable bonds is 3. The average molecular weight is 349 g/mol. The molecule has 0 aliphatic carbocycles. The second-order valence-corrected chi connectivity index (χ2v) is 7.68. The third-order valence-corrected chi connectivity index (χ3v) is 5.69. The molecule has 1 aliphatic heterocycles. The molecule has 3 aromatic rings. The number of thioether (sulfide) groups is 1. The molecular formula is C20H19N3OS. The van der Waals surface area contributed by atoms with E-state index >= 15 is 0 Å². The summed E-state index contributed by atoms with van der Waals surface area (Å²) in [4.78, 5) is 23.8. The Labute approximate surface area is 151 Å². The quantitative estimate of drug-likeness (QED) is 0.528. The van der Waals surface area contributed by atoms with Crippen LogP contribution in [0.25, 0.3) is 10.9 Å². The molecule has 0 saturated heterocycles. The van der Waals surface area contributed by atoms with Gasteiger partial charge in [0.15, 0.2) is 0 Å². The van der Waals surface area contributed by atoms with E-state index in [0.717, 1.165) is 28.0 Å². The van der Waals surface area contributed by atoms with Crippen molar-refractivity contribution in [2.45, 2.75) is 36.6 Å². The van der Waals surface area contributed by atoms with Crippen molar-refractivity contribution in [3.05, 3.63) is 60.4 Å². The lowest BCUT2D eigenvalue weighted by Crippen LogP contribution is -2.40. The van der Waals surface area contributed by atoms with Gasteiger partial charge in [-0.2, -0.15) is 0 Å². The summed E-state index contributed by atoms with van der Waals surface area (Å²) in [5.41, 5.74) is 3.19. The van der Waals surface area contributed by atoms with E-state index in [9.17, 15) is 4.79 Å². The first kappa shape index (κ1) is 16.1. The largest absolute Gasteiger partial charge is 0.308 e. The molecule has 0 spiro atoms. The number of carbonyl (C=O) groups excluding carboxylic acids is 1. The number of aromatic nitrogens is 2. The Hall–Kier alpha value is -2.40. The molecule has 4 nitrogen and oxygen atoms in total. The summed E-state index contributed by atoms with van der Waals surface area (Å²) < 4.78 is 0. The molecular weight excluding hydrogens is 330 g/mol. The monoisotopic (exact) mass is 349 g/mol. The maximum absolute atomic E-state index is 13.1. The van der Waals surface area contributed by atoms with E-state index in [1.165, 1.54) is 17.3 Å². The van der Waals surface area contributed by atoms with Crippen molar-refractivity contribution >= 4 is 34.3 Å². The highest BCUT2D eigenvalue weighted by Crippen LogP contribution is 2.35. The summed E-state index contributed by atoms with van der Waals surface area (Å²) in [6.07, 6.45) is 2.48. The second-order valence-electron chi connectivity index (χ2n) is 6.35. The van der Waals surface area contributed by atoms with Crippen LogP contribution in [0.2, 0.25) is 0 Å². The molecule has 2 heterocycles. The van der Waals surface area contributed by atoms with Crippen LogP contribution in [0.1, 0.15) is 19.4 Å². The van der Waals surface area contributed by atoms with Crippen molar-refractivity contribution in [1.29, 1.82) is 0 Å². The van der Waals surface area contributed by atoms with Gasteiger partial charge in [0.2, 0.25) is 5.91 Å². The van der Waals surface area contributed by atoms with Crippen LogP contribution in [0.15, 0.2) is 59.9 Å². The molecule has 5 heteroatoms. The summed E-state index contributed by atoms with van der Waals surface area (Å²) in [6, 6.07) is 16.3. The topological polar surface area (TPSA) is 46.1 Å². The lowest BCUT2D eigenvalue weighted by Gasteiger charge is -2.25. The molecule has 1 aromatic heterocycles. The molecule has 25 heavy (non-hydrogen) atoms. The SMILES string of the molecule is C[C@H](Sc1ncnc2ccccc12)C(=O)N1c2ccccc2C[C@@H]1C. The molecule has 4 rings (SSSR count). The number of nitrogens with zero attached hydrogens (tertiary/aromatic N) is 3. The van der Waals surface area contributed by atoms with E-state index in [2.05, 4.69) is 23.0 Å². The van der Waals surface area contributed by atoms with Gasteiger partial charge in [0.25, 0.3) is 0 Å². The average Bonchev–Trinajstić information content (AvgIpc) is 2.97. The fraction of sp³-hybridized carbons (Fsp3) is 0.250. The van der Waals surface area contributed by atoms with Crippen LogP contribution in [0.3, 0.4) is 0 Å². The Kier molecular flexibility index (Phi) is 4.17. The molecule has 0 fully saturated rings. The number of amides is 1. The highest BCUT2D eigenvalue weighted by molar-refractivity contribution is 8.00. The first-order valence-corrected chi connectivity index (χ1v) is 9.30. The summed E-state index contributed by atoms with van der Waals surface area (Å²) in [5, 5.41) is 1.63. The van der Waals surface area contributed by atoms with E-state index in [1.54, 1.807) is 6.33 Å². The second kappa shape index (κ2) is 6.48. The van der Waals surface area contributed by atoms with E-state index in [1.807, 2.05) is 54.3 Å². The van der Waals surface area contributed by atoms with Crippen molar-refractivity contribution in [1.82, 2.24) is 9.97 Å². The summed E-state index contributed by atoms with van der Waals surface area (Å²) in [5.74, 6) is 0.130. The first-order chi connectivity index (χ1) is 12.1. The van der Waals surface area contributed by atoms with Crippen LogP contribution < -0.4 is 4.90 Å². The van der Waals surface area contributed by atoms with Gasteiger partial charge in [-0.05, 0) is 38.0 Å². The third kappa shape index (κ3) is 2.89. The Morgan fingerprint density at radius 2 is 1.92 bits per heavy atom. The zero-order chi connectivity index (χ0) is 17.4. The molecule has 1 aliphatic rings. The molecule has 2 atom stereocenters. The molecule has 0 radical (unpaired) electrons. The standard InChI is InChI=1S/C20H19N3OS/c1-13-11-15-7-3-6-10-18(15)23(13)20(24)14(2)25-19-16-8-4-5-9-17(16)21-12-22-19/h3-10,12-14H,11H2,1-2H3/t13-,14-/m0/s1. The maximum atomic E-state index is 13.1. The van der Waals surface area contributed by atoms with Crippen molar-refractivity contribution in [2.24, 2.45) is 0 Å². The van der Waals surface area contributed by atoms with Gasteiger partial charge < -0.3 is 4.90 Å². The number of para-hydroxylation sites is 2. The van der Waals surface area contributed by atoms with Crippen molar-refractivity contribution in [3.8, 4) is 0 Å². The highest BCUT2D eigenvalue weighted by atomic mass is 32.2. The van der Waals surface area contributed by atoms with E-state index in [0.29, 0.717) is 0 Å². The normalized spacial score (nSPS) is 17.5. The van der Waals surface area contributed by atoms with Crippen molar-refractivity contribution in [3.63, 3.8) is 0 Å². The Morgan fingerprint density at radius 1 is 1.16 bits per heavy atom. The minimum Gasteiger partial charge on any atom is -0.308 e. The Balaban J connectivity index is 1.61. The van der Waals surface area contributed by atoms with Crippen molar-refractivity contribution < 1.29 is 4.79 Å². The minimum absolute atomic E-state index is 0.130. The summed E-state index contributed by atoms with van der Waals surface area (Å²) in [7, 11) is 0. The smallest absolute Gasteiger partial charge is 0.240 e. The van der Waals surface area contributed by atoms with Gasteiger partial charge in [0.05, 0.1) is 10.8 Å². The van der Waals surface area contributed by atoms with Crippen molar-refractivity contribution in [2.75, 3.05) is 4.90 Å². The van der Waals surface area contributed by atoms with Crippen LogP contribution in [0.4, 0.5) is 5.69 Å². The lowest BCUT2D eigenvalue weighted by molar-refractivity contribution is -0.118. The van der Waals surface area contributed by atoms with Crippen LogP contribution in [-0.2, 0) is 11.2 Å². The third-order valence-electron chi connectivity index (χ3n) is 4.59. The van der Waals surface area contributed by atoms with Gasteiger partial charge >= 0.3 is 0 Å². The predicted octanol–water partition coefficient (Wildman–Crippen LogP) is 4.09. The predicted molar refractivity (Wildman–Crippen MR) is 102 cm³/mol. The number of benzene rings is 2. The summed E-state index contributed by atoms with van der Waals surface area (Å²) >= 11 is 1.50. The molecule has 126 valence electrons. The number of anilines is 1. The fourth-order valence-corrected chi connectivity index (χ4v) is 4.35. The fourth-order valence-electron chi connectivity index (χ4n) is 3.39. The first-order valence-electron chi connectivity index (χ1n) is 8.42. The summed E-state index contributed by atoms with van der Waals surface area (Å²) in [6.45, 7) is 4.06. The zero-order valence-corrected chi connectivity index (χ0v) is 15.0. The van der Waals surface area contributed by atoms with E-state index in [4.69, 9.17) is 0 Å². The van der Waals surface area contributed by atoms with E-state index in [-0.39, 0.29) is 17.2 Å². The highest BCUT2D eigenvalue weighted by Gasteiger charge is 2.33. The molecule has 0 N–H and O–H groups in total. The lowest BCUT2D eigenvalue weighted by atomic mass is 10.1. The van der Waals surface area contributed by atoms with Gasteiger partial charge in [0, 0.05) is 17.1 Å². The van der Waals surface area contributed by atoms with Gasteiger partial charge in [-0.3, -0.25) is 4.79 Å². The Bertz CT molecular complexity index is 938. The number of hydrogen-bond donors (Lipinski definition) is 0. The van der Waals surface area contributed by atoms with Crippen LogP contribution in [-0.4, -0.2) is 27.2 Å². The van der Waals surface area contributed by atoms with Gasteiger partial charge in [-0.1, -0.05) is 48.2 Å². The van der Waals surface area contributed by atoms with Gasteiger partial charge in [0.1, 0.15) is 11.4 Å². The van der Waals surface area contributed by atoms with Crippen LogP contribution in [0.5, 0.6) is 0 Å². The molecule has 0 saturated carbocycles. The molecule has 0 bridgehead atoms.